The first-order valence-corrected chi connectivity index (χ1v) is 11.9. The molecule has 0 fully saturated rings. The van der Waals surface area contributed by atoms with Crippen molar-refractivity contribution in [1.29, 1.82) is 0 Å². The van der Waals surface area contributed by atoms with Crippen LogP contribution in [0.1, 0.15) is 90.4 Å². The second-order valence-electron chi connectivity index (χ2n) is 6.59. The van der Waals surface area contributed by atoms with E-state index in [4.69, 9.17) is 18.0 Å². The molecule has 0 bridgehead atoms. The zero-order chi connectivity index (χ0) is 17.9. The summed E-state index contributed by atoms with van der Waals surface area (Å²) in [7, 11) is 2.31. The molecule has 0 N–H and O–H groups in total. The van der Waals surface area contributed by atoms with Crippen molar-refractivity contribution in [3.8, 4) is 0 Å². The lowest BCUT2D eigenvalue weighted by atomic mass is 10.0. The Bertz CT molecular complexity index is 239. The average molecular weight is 363 g/mol. The van der Waals surface area contributed by atoms with Crippen molar-refractivity contribution < 1.29 is 18.0 Å². The molecule has 0 atom stereocenters. The first-order chi connectivity index (χ1) is 11.7. The molecule has 4 nitrogen and oxygen atoms in total. The molecule has 0 rings (SSSR count). The smallest absolute Gasteiger partial charge is 0.377 e. The number of hydrogen-bond donors (Lipinski definition) is 0. The van der Waals surface area contributed by atoms with Crippen LogP contribution in [0.3, 0.4) is 0 Å². The number of rotatable bonds is 19. The largest absolute Gasteiger partial charge is 0.527 e. The quantitative estimate of drug-likeness (QED) is 0.224. The van der Waals surface area contributed by atoms with Crippen LogP contribution in [0, 0.1) is 0 Å². The van der Waals surface area contributed by atoms with E-state index in [9.17, 15) is 0 Å². The first kappa shape index (κ1) is 24.1. The number of unbranched alkanes of at least 4 members (excludes halogenated alkanes) is 12. The van der Waals surface area contributed by atoms with Crippen molar-refractivity contribution >= 4 is 8.80 Å². The van der Waals surface area contributed by atoms with E-state index in [0.29, 0.717) is 6.23 Å². The van der Waals surface area contributed by atoms with Gasteiger partial charge in [-0.2, -0.15) is 0 Å². The summed E-state index contributed by atoms with van der Waals surface area (Å²) in [5.74, 6) is 0. The van der Waals surface area contributed by atoms with Gasteiger partial charge in [0.2, 0.25) is 0 Å². The molecule has 0 aromatic heterocycles. The molecule has 0 amide bonds. The van der Waals surface area contributed by atoms with Crippen LogP contribution in [-0.4, -0.2) is 43.0 Å². The van der Waals surface area contributed by atoms with Crippen molar-refractivity contribution in [3.63, 3.8) is 0 Å². The lowest BCUT2D eigenvalue weighted by Gasteiger charge is -2.23. The van der Waals surface area contributed by atoms with Crippen LogP contribution in [0.25, 0.3) is 0 Å². The van der Waals surface area contributed by atoms with Crippen LogP contribution < -0.4 is 0 Å². The second kappa shape index (κ2) is 17.9. The van der Waals surface area contributed by atoms with E-state index >= 15 is 0 Å². The summed E-state index contributed by atoms with van der Waals surface area (Å²) in [5, 5.41) is 0. The van der Waals surface area contributed by atoms with Gasteiger partial charge in [-0.3, -0.25) is 0 Å². The molecule has 24 heavy (non-hydrogen) atoms. The van der Waals surface area contributed by atoms with Crippen molar-refractivity contribution in [2.75, 3.05) is 34.2 Å². The predicted octanol–water partition coefficient (Wildman–Crippen LogP) is 5.51. The Hall–Kier alpha value is 0.0569. The van der Waals surface area contributed by atoms with Crippen LogP contribution in [0.15, 0.2) is 0 Å². The molecular formula is C19H42O4Si. The van der Waals surface area contributed by atoms with Crippen LogP contribution in [0.4, 0.5) is 0 Å². The van der Waals surface area contributed by atoms with Crippen molar-refractivity contribution in [1.82, 2.24) is 0 Å². The fourth-order valence-electron chi connectivity index (χ4n) is 2.85. The third-order valence-corrected chi connectivity index (χ3v) is 7.03. The Kier molecular flexibility index (Phi) is 17.9. The summed E-state index contributed by atoms with van der Waals surface area (Å²) in [6.07, 6.45) is 18.2. The van der Waals surface area contributed by atoms with Gasteiger partial charge in [-0.05, 0) is 6.42 Å². The van der Waals surface area contributed by atoms with Crippen molar-refractivity contribution in [2.24, 2.45) is 0 Å². The Morgan fingerprint density at radius 1 is 0.542 bits per heavy atom. The van der Waals surface area contributed by atoms with E-state index in [1.54, 1.807) is 21.3 Å². The molecule has 0 heterocycles. The maximum Gasteiger partial charge on any atom is 0.527 e. The van der Waals surface area contributed by atoms with Gasteiger partial charge >= 0.3 is 8.80 Å². The van der Waals surface area contributed by atoms with Gasteiger partial charge in [-0.25, -0.2) is 0 Å². The van der Waals surface area contributed by atoms with Crippen molar-refractivity contribution in [2.45, 2.75) is 90.4 Å². The molecule has 0 aliphatic heterocycles. The minimum absolute atomic E-state index is 0.439. The summed E-state index contributed by atoms with van der Waals surface area (Å²) in [5.41, 5.74) is 0. The third-order valence-electron chi connectivity index (χ3n) is 4.60. The van der Waals surface area contributed by atoms with Gasteiger partial charge in [0.15, 0.2) is 0 Å². The molecule has 146 valence electrons. The standard InChI is InChI=1S/C19H42O4Si/c1-5-6-7-8-9-10-11-12-13-14-15-16-17-18-23-19-24(20-2,21-3)22-4/h5-19H2,1-4H3. The zero-order valence-corrected chi connectivity index (χ0v) is 17.7. The molecular weight excluding hydrogens is 320 g/mol. The second-order valence-corrected chi connectivity index (χ2v) is 9.47. The Labute approximate surface area is 152 Å². The van der Waals surface area contributed by atoms with E-state index in [1.165, 1.54) is 77.0 Å². The topological polar surface area (TPSA) is 36.9 Å². The highest BCUT2D eigenvalue weighted by Crippen LogP contribution is 2.13. The summed E-state index contributed by atoms with van der Waals surface area (Å²) in [6.45, 7) is 3.04. The van der Waals surface area contributed by atoms with Crippen LogP contribution in [0.5, 0.6) is 0 Å². The lowest BCUT2D eigenvalue weighted by Crippen LogP contribution is -2.48. The third kappa shape index (κ3) is 13.4. The van der Waals surface area contributed by atoms with E-state index < -0.39 is 8.80 Å². The molecule has 0 saturated heterocycles. The maximum atomic E-state index is 5.66. The Balaban J connectivity index is 3.23. The Morgan fingerprint density at radius 3 is 1.29 bits per heavy atom. The first-order valence-electron chi connectivity index (χ1n) is 9.98. The van der Waals surface area contributed by atoms with E-state index in [0.717, 1.165) is 13.0 Å². The lowest BCUT2D eigenvalue weighted by molar-refractivity contribution is 0.0622. The van der Waals surface area contributed by atoms with Gasteiger partial charge in [-0.15, -0.1) is 0 Å². The molecule has 0 radical (unpaired) electrons. The SMILES string of the molecule is CCCCCCCCCCCCCCCOC[Si](OC)(OC)OC. The van der Waals surface area contributed by atoms with E-state index in [-0.39, 0.29) is 0 Å². The van der Waals surface area contributed by atoms with Crippen LogP contribution in [-0.2, 0) is 18.0 Å². The monoisotopic (exact) mass is 362 g/mol. The maximum absolute atomic E-state index is 5.66. The van der Waals surface area contributed by atoms with Gasteiger partial charge in [0.05, 0.1) is 0 Å². The highest BCUT2D eigenvalue weighted by atomic mass is 28.4. The van der Waals surface area contributed by atoms with Crippen molar-refractivity contribution in [3.05, 3.63) is 0 Å². The average Bonchev–Trinajstić information content (AvgIpc) is 2.62. The number of hydrogen-bond acceptors (Lipinski definition) is 4. The van der Waals surface area contributed by atoms with Crippen LogP contribution >= 0.6 is 0 Å². The Morgan fingerprint density at radius 2 is 0.917 bits per heavy atom. The van der Waals surface area contributed by atoms with Gasteiger partial charge < -0.3 is 18.0 Å². The highest BCUT2D eigenvalue weighted by molar-refractivity contribution is 6.60. The van der Waals surface area contributed by atoms with E-state index in [2.05, 4.69) is 6.92 Å². The number of ether oxygens (including phenoxy) is 1. The summed E-state index contributed by atoms with van der Waals surface area (Å²) >= 11 is 0. The summed E-state index contributed by atoms with van der Waals surface area (Å²) in [4.78, 5) is 0. The molecule has 0 saturated carbocycles. The highest BCUT2D eigenvalue weighted by Gasteiger charge is 2.38. The van der Waals surface area contributed by atoms with Gasteiger partial charge in [0.25, 0.3) is 0 Å². The predicted molar refractivity (Wildman–Crippen MR) is 103 cm³/mol. The minimum atomic E-state index is -2.54. The molecule has 0 spiro atoms. The normalized spacial score (nSPS) is 12.0. The fourth-order valence-corrected chi connectivity index (χ4v) is 4.09. The summed E-state index contributed by atoms with van der Waals surface area (Å²) < 4.78 is 21.6. The zero-order valence-electron chi connectivity index (χ0n) is 16.7. The molecule has 0 aromatic rings. The summed E-state index contributed by atoms with van der Waals surface area (Å²) in [6, 6.07) is 0. The van der Waals surface area contributed by atoms with E-state index in [1.807, 2.05) is 0 Å². The molecule has 5 heteroatoms. The molecule has 0 aliphatic carbocycles. The molecule has 0 unspecified atom stereocenters. The molecule has 0 aliphatic rings. The van der Waals surface area contributed by atoms with Crippen LogP contribution in [0.2, 0.25) is 0 Å². The fraction of sp³-hybridized carbons (Fsp3) is 1.00. The van der Waals surface area contributed by atoms with Gasteiger partial charge in [0, 0.05) is 27.9 Å². The van der Waals surface area contributed by atoms with Gasteiger partial charge in [-0.1, -0.05) is 84.0 Å². The minimum Gasteiger partial charge on any atom is -0.377 e. The van der Waals surface area contributed by atoms with Gasteiger partial charge in [0.1, 0.15) is 6.23 Å². The molecule has 0 aromatic carbocycles.